The minimum absolute atomic E-state index is 0.163. The minimum Gasteiger partial charge on any atom is -0.382 e. The number of benzene rings is 1. The molecule has 1 aromatic rings. The molecule has 0 aromatic heterocycles. The topological polar surface area (TPSA) is 12.0 Å². The Balaban J connectivity index is 2.37. The Hall–Kier alpha value is -1.05. The Morgan fingerprint density at radius 3 is 2.65 bits per heavy atom. The molecule has 1 aromatic carbocycles. The zero-order chi connectivity index (χ0) is 12.7. The molecule has 0 amide bonds. The molecule has 0 bridgehead atoms. The van der Waals surface area contributed by atoms with Crippen molar-refractivity contribution in [2.75, 3.05) is 5.32 Å². The summed E-state index contributed by atoms with van der Waals surface area (Å²) >= 11 is 0. The van der Waals surface area contributed by atoms with E-state index < -0.39 is 0 Å². The van der Waals surface area contributed by atoms with Crippen molar-refractivity contribution in [1.82, 2.24) is 0 Å². The van der Waals surface area contributed by atoms with Gasteiger partial charge in [0.25, 0.3) is 0 Å². The van der Waals surface area contributed by atoms with Gasteiger partial charge in [-0.25, -0.2) is 4.39 Å². The largest absolute Gasteiger partial charge is 0.382 e. The molecular weight excluding hydrogens is 213 g/mol. The Morgan fingerprint density at radius 1 is 1.24 bits per heavy atom. The van der Waals surface area contributed by atoms with E-state index >= 15 is 0 Å². The molecule has 1 N–H and O–H groups in total. The van der Waals surface area contributed by atoms with Crippen LogP contribution in [0.1, 0.15) is 51.5 Å². The first kappa shape index (κ1) is 14.0. The molecular formula is C15H24FN. The van der Waals surface area contributed by atoms with E-state index in [2.05, 4.69) is 19.2 Å². The van der Waals surface area contributed by atoms with E-state index in [0.717, 1.165) is 11.3 Å². The third kappa shape index (κ3) is 5.20. The van der Waals surface area contributed by atoms with Crippen LogP contribution in [0, 0.1) is 12.7 Å². The molecule has 0 aliphatic heterocycles. The van der Waals surface area contributed by atoms with Crippen LogP contribution < -0.4 is 5.32 Å². The molecule has 1 nitrogen and oxygen atoms in total. The number of rotatable bonds is 7. The molecule has 0 aliphatic rings. The third-order valence-electron chi connectivity index (χ3n) is 3.08. The zero-order valence-electron chi connectivity index (χ0n) is 11.2. The van der Waals surface area contributed by atoms with Gasteiger partial charge in [0.05, 0.1) is 0 Å². The third-order valence-corrected chi connectivity index (χ3v) is 3.08. The number of nitrogens with one attached hydrogen (secondary N) is 1. The second-order valence-electron chi connectivity index (χ2n) is 4.85. The van der Waals surface area contributed by atoms with Crippen LogP contribution in [-0.2, 0) is 0 Å². The van der Waals surface area contributed by atoms with Gasteiger partial charge in [0.2, 0.25) is 0 Å². The molecule has 1 unspecified atom stereocenters. The van der Waals surface area contributed by atoms with Crippen molar-refractivity contribution in [3.8, 4) is 0 Å². The fraction of sp³-hybridized carbons (Fsp3) is 0.600. The van der Waals surface area contributed by atoms with Gasteiger partial charge < -0.3 is 5.32 Å². The maximum Gasteiger partial charge on any atom is 0.123 e. The van der Waals surface area contributed by atoms with Gasteiger partial charge in [-0.1, -0.05) is 32.6 Å². The molecule has 0 spiro atoms. The predicted molar refractivity (Wildman–Crippen MR) is 73.0 cm³/mol. The summed E-state index contributed by atoms with van der Waals surface area (Å²) in [7, 11) is 0. The molecule has 0 fully saturated rings. The number of hydrogen-bond donors (Lipinski definition) is 1. The molecule has 0 saturated heterocycles. The van der Waals surface area contributed by atoms with Gasteiger partial charge in [0, 0.05) is 11.7 Å². The monoisotopic (exact) mass is 237 g/mol. The highest BCUT2D eigenvalue weighted by molar-refractivity contribution is 5.51. The maximum absolute atomic E-state index is 12.9. The smallest absolute Gasteiger partial charge is 0.123 e. The minimum atomic E-state index is -0.163. The summed E-state index contributed by atoms with van der Waals surface area (Å²) in [6.07, 6.45) is 6.35. The summed E-state index contributed by atoms with van der Waals surface area (Å²) in [5.41, 5.74) is 2.03. The second kappa shape index (κ2) is 7.31. The first-order valence-electron chi connectivity index (χ1n) is 6.66. The van der Waals surface area contributed by atoms with Crippen molar-refractivity contribution in [3.63, 3.8) is 0 Å². The van der Waals surface area contributed by atoms with Gasteiger partial charge in [0.1, 0.15) is 5.82 Å². The summed E-state index contributed by atoms with van der Waals surface area (Å²) in [6, 6.07) is 5.37. The van der Waals surface area contributed by atoms with Crippen LogP contribution in [0.15, 0.2) is 18.2 Å². The van der Waals surface area contributed by atoms with E-state index in [1.807, 2.05) is 13.0 Å². The average Bonchev–Trinajstić information content (AvgIpc) is 2.28. The summed E-state index contributed by atoms with van der Waals surface area (Å²) < 4.78 is 12.9. The lowest BCUT2D eigenvalue weighted by atomic mass is 10.1. The summed E-state index contributed by atoms with van der Waals surface area (Å²) in [5.74, 6) is -0.163. The van der Waals surface area contributed by atoms with E-state index in [0.29, 0.717) is 6.04 Å². The lowest BCUT2D eigenvalue weighted by molar-refractivity contribution is 0.593. The first-order chi connectivity index (χ1) is 8.13. The second-order valence-corrected chi connectivity index (χ2v) is 4.85. The van der Waals surface area contributed by atoms with Crippen molar-refractivity contribution in [2.24, 2.45) is 0 Å². The van der Waals surface area contributed by atoms with Crippen molar-refractivity contribution >= 4 is 5.69 Å². The summed E-state index contributed by atoms with van der Waals surface area (Å²) in [5, 5.41) is 3.45. The molecule has 1 rings (SSSR count). The standard InChI is InChI=1S/C15H24FN/c1-4-5-6-7-8-13(3)17-15-10-9-14(16)11-12(15)2/h9-11,13,17H,4-8H2,1-3H3. The number of aryl methyl sites for hydroxylation is 1. The van der Waals surface area contributed by atoms with Gasteiger partial charge in [0.15, 0.2) is 0 Å². The Labute approximate surface area is 104 Å². The van der Waals surface area contributed by atoms with Crippen LogP contribution in [0.25, 0.3) is 0 Å². The molecule has 1 atom stereocenters. The highest BCUT2D eigenvalue weighted by atomic mass is 19.1. The van der Waals surface area contributed by atoms with Crippen LogP contribution in [0.5, 0.6) is 0 Å². The lowest BCUT2D eigenvalue weighted by Gasteiger charge is -2.17. The summed E-state index contributed by atoms with van der Waals surface area (Å²) in [4.78, 5) is 0. The molecule has 2 heteroatoms. The van der Waals surface area contributed by atoms with Crippen LogP contribution in [0.4, 0.5) is 10.1 Å². The average molecular weight is 237 g/mol. The number of halogens is 1. The van der Waals surface area contributed by atoms with Crippen LogP contribution >= 0.6 is 0 Å². The SMILES string of the molecule is CCCCCCC(C)Nc1ccc(F)cc1C. The number of unbranched alkanes of at least 4 members (excludes halogenated alkanes) is 3. The maximum atomic E-state index is 12.9. The van der Waals surface area contributed by atoms with Crippen molar-refractivity contribution < 1.29 is 4.39 Å². The highest BCUT2D eigenvalue weighted by Gasteiger charge is 2.04. The van der Waals surface area contributed by atoms with Gasteiger partial charge in [-0.15, -0.1) is 0 Å². The van der Waals surface area contributed by atoms with Crippen LogP contribution in [0.3, 0.4) is 0 Å². The number of anilines is 1. The molecule has 0 aliphatic carbocycles. The summed E-state index contributed by atoms with van der Waals surface area (Å²) in [6.45, 7) is 6.35. The van der Waals surface area contributed by atoms with Gasteiger partial charge in [-0.3, -0.25) is 0 Å². The Kier molecular flexibility index (Phi) is 6.03. The lowest BCUT2D eigenvalue weighted by Crippen LogP contribution is -2.15. The molecule has 0 radical (unpaired) electrons. The van der Waals surface area contributed by atoms with Crippen LogP contribution in [0.2, 0.25) is 0 Å². The van der Waals surface area contributed by atoms with Gasteiger partial charge in [-0.2, -0.15) is 0 Å². The zero-order valence-corrected chi connectivity index (χ0v) is 11.2. The van der Waals surface area contributed by atoms with Crippen molar-refractivity contribution in [1.29, 1.82) is 0 Å². The highest BCUT2D eigenvalue weighted by Crippen LogP contribution is 2.18. The van der Waals surface area contributed by atoms with E-state index in [4.69, 9.17) is 0 Å². The first-order valence-corrected chi connectivity index (χ1v) is 6.66. The molecule has 96 valence electrons. The van der Waals surface area contributed by atoms with Crippen molar-refractivity contribution in [3.05, 3.63) is 29.6 Å². The molecule has 0 saturated carbocycles. The predicted octanol–water partition coefficient (Wildman–Crippen LogP) is 4.90. The normalized spacial score (nSPS) is 12.5. The fourth-order valence-corrected chi connectivity index (χ4v) is 2.00. The van der Waals surface area contributed by atoms with E-state index in [9.17, 15) is 4.39 Å². The van der Waals surface area contributed by atoms with E-state index in [1.165, 1.54) is 38.2 Å². The quantitative estimate of drug-likeness (QED) is 0.665. The molecule has 17 heavy (non-hydrogen) atoms. The van der Waals surface area contributed by atoms with Gasteiger partial charge >= 0.3 is 0 Å². The van der Waals surface area contributed by atoms with E-state index in [-0.39, 0.29) is 5.82 Å². The van der Waals surface area contributed by atoms with Crippen molar-refractivity contribution in [2.45, 2.75) is 58.9 Å². The Morgan fingerprint density at radius 2 is 2.00 bits per heavy atom. The van der Waals surface area contributed by atoms with Gasteiger partial charge in [-0.05, 0) is 44.0 Å². The Bertz CT molecular complexity index is 336. The molecule has 0 heterocycles. The van der Waals surface area contributed by atoms with E-state index in [1.54, 1.807) is 6.07 Å². The number of hydrogen-bond acceptors (Lipinski definition) is 1. The fourth-order valence-electron chi connectivity index (χ4n) is 2.00. The van der Waals surface area contributed by atoms with Crippen LogP contribution in [-0.4, -0.2) is 6.04 Å².